The smallest absolute Gasteiger partial charge is 0.335 e. The maximum atomic E-state index is 13.4. The predicted molar refractivity (Wildman–Crippen MR) is 156 cm³/mol. The van der Waals surface area contributed by atoms with Crippen molar-refractivity contribution in [3.05, 3.63) is 128 Å². The summed E-state index contributed by atoms with van der Waals surface area (Å²) in [5.74, 6) is -0.728. The van der Waals surface area contributed by atoms with E-state index in [0.717, 1.165) is 4.68 Å². The van der Waals surface area contributed by atoms with E-state index in [-0.39, 0.29) is 36.0 Å². The number of para-hydroxylation sites is 1. The van der Waals surface area contributed by atoms with Gasteiger partial charge in [0.05, 0.1) is 34.2 Å². The largest absolute Gasteiger partial charge is 0.490 e. The van der Waals surface area contributed by atoms with Crippen molar-refractivity contribution < 1.29 is 24.3 Å². The highest BCUT2D eigenvalue weighted by atomic mass is 16.6. The molecular formula is C31H24N4O7. The molecule has 1 heterocycles. The standard InChI is InChI=1S/C31H24N4O7/c1-2-41-27-17-21(16-26(35(39)40)28(27)42-19-20-12-14-23(15-13-20)31(37)38)18-32-34-29(22-8-4-3-5-9-22)33-25-11-7-6-10-24(25)30(34)36/h3-18H,2,19H2,1H3,(H,37,38). The molecule has 1 aromatic heterocycles. The molecular weight excluding hydrogens is 540 g/mol. The molecule has 5 aromatic rings. The molecule has 0 aliphatic rings. The summed E-state index contributed by atoms with van der Waals surface area (Å²) in [6, 6.07) is 24.8. The maximum absolute atomic E-state index is 13.4. The van der Waals surface area contributed by atoms with E-state index in [4.69, 9.17) is 14.6 Å². The minimum Gasteiger partial charge on any atom is -0.490 e. The quantitative estimate of drug-likeness (QED) is 0.132. The lowest BCUT2D eigenvalue weighted by Gasteiger charge is -2.13. The van der Waals surface area contributed by atoms with Crippen molar-refractivity contribution in [2.45, 2.75) is 13.5 Å². The Morgan fingerprint density at radius 2 is 1.74 bits per heavy atom. The van der Waals surface area contributed by atoms with Gasteiger partial charge in [0.1, 0.15) is 6.61 Å². The number of hydrogen-bond acceptors (Lipinski definition) is 8. The van der Waals surface area contributed by atoms with Gasteiger partial charge in [-0.25, -0.2) is 9.78 Å². The Hall–Kier alpha value is -5.84. The van der Waals surface area contributed by atoms with Crippen LogP contribution in [0.25, 0.3) is 22.3 Å². The van der Waals surface area contributed by atoms with Crippen LogP contribution in [0, 0.1) is 10.1 Å². The summed E-state index contributed by atoms with van der Waals surface area (Å²) in [5, 5.41) is 25.9. The molecule has 0 unspecified atom stereocenters. The zero-order chi connectivity index (χ0) is 29.6. The Morgan fingerprint density at radius 3 is 2.43 bits per heavy atom. The van der Waals surface area contributed by atoms with Gasteiger partial charge in [-0.3, -0.25) is 14.9 Å². The first-order valence-corrected chi connectivity index (χ1v) is 12.9. The third-order valence-corrected chi connectivity index (χ3v) is 6.25. The number of nitro benzene ring substituents is 1. The second kappa shape index (κ2) is 12.1. The fraction of sp³-hybridized carbons (Fsp3) is 0.0968. The number of carbonyl (C=O) groups is 1. The Morgan fingerprint density at radius 1 is 1.02 bits per heavy atom. The Kier molecular flexibility index (Phi) is 8.00. The average molecular weight is 565 g/mol. The highest BCUT2D eigenvalue weighted by Crippen LogP contribution is 2.39. The molecule has 0 fully saturated rings. The van der Waals surface area contributed by atoms with Gasteiger partial charge in [0, 0.05) is 17.2 Å². The molecule has 0 bridgehead atoms. The van der Waals surface area contributed by atoms with Crippen LogP contribution in [0.4, 0.5) is 5.69 Å². The minimum atomic E-state index is -1.06. The lowest BCUT2D eigenvalue weighted by molar-refractivity contribution is -0.386. The molecule has 210 valence electrons. The highest BCUT2D eigenvalue weighted by molar-refractivity contribution is 5.87. The summed E-state index contributed by atoms with van der Waals surface area (Å²) in [5.41, 5.74) is 1.43. The number of hydrogen-bond donors (Lipinski definition) is 1. The zero-order valence-electron chi connectivity index (χ0n) is 22.3. The number of aromatic nitrogens is 2. The minimum absolute atomic E-state index is 0.0627. The number of carboxylic acids is 1. The van der Waals surface area contributed by atoms with E-state index in [1.165, 1.54) is 30.5 Å². The molecule has 0 aliphatic carbocycles. The first kappa shape index (κ1) is 27.7. The molecule has 0 saturated heterocycles. The van der Waals surface area contributed by atoms with Crippen LogP contribution in [0.15, 0.2) is 101 Å². The summed E-state index contributed by atoms with van der Waals surface area (Å²) < 4.78 is 12.7. The number of benzene rings is 4. The molecule has 4 aromatic carbocycles. The molecule has 42 heavy (non-hydrogen) atoms. The molecule has 0 saturated carbocycles. The van der Waals surface area contributed by atoms with Crippen molar-refractivity contribution in [2.75, 3.05) is 6.61 Å². The third-order valence-electron chi connectivity index (χ3n) is 6.25. The second-order valence-electron chi connectivity index (χ2n) is 9.03. The number of aromatic carboxylic acids is 1. The Bertz CT molecular complexity index is 1870. The van der Waals surface area contributed by atoms with Crippen molar-refractivity contribution >= 4 is 28.8 Å². The van der Waals surface area contributed by atoms with E-state index in [1.54, 1.807) is 43.3 Å². The lowest BCUT2D eigenvalue weighted by Crippen LogP contribution is -2.20. The molecule has 11 nitrogen and oxygen atoms in total. The molecule has 0 atom stereocenters. The fourth-order valence-electron chi connectivity index (χ4n) is 4.25. The fourth-order valence-corrected chi connectivity index (χ4v) is 4.25. The Labute approximate surface area is 239 Å². The topological polar surface area (TPSA) is 146 Å². The number of carboxylic acid groups (broad SMARTS) is 1. The number of rotatable bonds is 10. The monoisotopic (exact) mass is 564 g/mol. The predicted octanol–water partition coefficient (Wildman–Crippen LogP) is 5.53. The van der Waals surface area contributed by atoms with Crippen LogP contribution in [-0.2, 0) is 6.61 Å². The van der Waals surface area contributed by atoms with E-state index in [0.29, 0.717) is 33.4 Å². The summed E-state index contributed by atoms with van der Waals surface area (Å²) in [7, 11) is 0. The van der Waals surface area contributed by atoms with Gasteiger partial charge in [0.2, 0.25) is 5.75 Å². The summed E-state index contributed by atoms with van der Waals surface area (Å²) in [4.78, 5) is 40.7. The SMILES string of the molecule is CCOc1cc(C=Nn2c(-c3ccccc3)nc3ccccc3c2=O)cc([N+](=O)[O-])c1OCc1ccc(C(=O)O)cc1. The molecule has 11 heteroatoms. The molecule has 1 N–H and O–H groups in total. The number of nitrogens with zero attached hydrogens (tertiary/aromatic N) is 4. The van der Waals surface area contributed by atoms with Gasteiger partial charge >= 0.3 is 11.7 Å². The van der Waals surface area contributed by atoms with Crippen LogP contribution in [0.2, 0.25) is 0 Å². The first-order valence-electron chi connectivity index (χ1n) is 12.9. The van der Waals surface area contributed by atoms with Crippen molar-refractivity contribution in [3.8, 4) is 22.9 Å². The van der Waals surface area contributed by atoms with E-state index < -0.39 is 16.5 Å². The number of ether oxygens (including phenoxy) is 2. The van der Waals surface area contributed by atoms with Crippen molar-refractivity contribution in [1.29, 1.82) is 0 Å². The van der Waals surface area contributed by atoms with E-state index >= 15 is 0 Å². The second-order valence-corrected chi connectivity index (χ2v) is 9.03. The normalized spacial score (nSPS) is 11.1. The molecule has 0 spiro atoms. The zero-order valence-corrected chi connectivity index (χ0v) is 22.3. The number of fused-ring (bicyclic) bond motifs is 1. The van der Waals surface area contributed by atoms with Gasteiger partial charge in [-0.15, -0.1) is 0 Å². The van der Waals surface area contributed by atoms with Gasteiger partial charge in [-0.1, -0.05) is 54.6 Å². The highest BCUT2D eigenvalue weighted by Gasteiger charge is 2.23. The molecule has 0 amide bonds. The van der Waals surface area contributed by atoms with E-state index in [1.807, 2.05) is 30.3 Å². The van der Waals surface area contributed by atoms with Crippen LogP contribution >= 0.6 is 0 Å². The first-order chi connectivity index (χ1) is 20.4. The van der Waals surface area contributed by atoms with Gasteiger partial charge in [-0.05, 0) is 42.8 Å². The molecule has 5 rings (SSSR count). The van der Waals surface area contributed by atoms with Crippen LogP contribution in [0.5, 0.6) is 11.5 Å². The molecule has 0 radical (unpaired) electrons. The summed E-state index contributed by atoms with van der Waals surface area (Å²) in [6.07, 6.45) is 1.33. The molecule has 0 aliphatic heterocycles. The van der Waals surface area contributed by atoms with Crippen molar-refractivity contribution in [2.24, 2.45) is 5.10 Å². The van der Waals surface area contributed by atoms with Crippen LogP contribution in [-0.4, -0.2) is 38.5 Å². The lowest BCUT2D eigenvalue weighted by atomic mass is 10.1. The van der Waals surface area contributed by atoms with Crippen LogP contribution in [0.1, 0.15) is 28.4 Å². The van der Waals surface area contributed by atoms with E-state index in [2.05, 4.69) is 10.1 Å². The van der Waals surface area contributed by atoms with Crippen molar-refractivity contribution in [3.63, 3.8) is 0 Å². The van der Waals surface area contributed by atoms with Gasteiger partial charge < -0.3 is 14.6 Å². The Balaban J connectivity index is 1.55. The maximum Gasteiger partial charge on any atom is 0.335 e. The van der Waals surface area contributed by atoms with Crippen LogP contribution < -0.4 is 15.0 Å². The summed E-state index contributed by atoms with van der Waals surface area (Å²) >= 11 is 0. The van der Waals surface area contributed by atoms with E-state index in [9.17, 15) is 19.7 Å². The average Bonchev–Trinajstić information content (AvgIpc) is 3.00. The van der Waals surface area contributed by atoms with Gasteiger partial charge in [0.25, 0.3) is 5.56 Å². The van der Waals surface area contributed by atoms with Crippen molar-refractivity contribution in [1.82, 2.24) is 9.66 Å². The third kappa shape index (κ3) is 5.85. The summed E-state index contributed by atoms with van der Waals surface area (Å²) in [6.45, 7) is 1.87. The van der Waals surface area contributed by atoms with Gasteiger partial charge in [-0.2, -0.15) is 9.78 Å². The number of nitro groups is 1. The van der Waals surface area contributed by atoms with Gasteiger partial charge in [0.15, 0.2) is 11.6 Å². The van der Waals surface area contributed by atoms with Crippen LogP contribution in [0.3, 0.4) is 0 Å².